The molecule has 1 aliphatic heterocycles. The summed E-state index contributed by atoms with van der Waals surface area (Å²) in [4.78, 5) is 14.3. The van der Waals surface area contributed by atoms with Gasteiger partial charge in [-0.15, -0.1) is 0 Å². The monoisotopic (exact) mass is 404 g/mol. The number of rotatable bonds is 6. The standard InChI is InChI=1S/C21H25FN2O3S/c1-16-13-19(8-9-20(16)22)28(26,27)23-14-17-7-10-21(25)24(12-11-17)15-18-5-3-2-4-6-18/h2-6,8-9,13,17,23H,7,10-12,14-15H2,1H3. The number of nitrogens with one attached hydrogen (secondary N) is 1. The van der Waals surface area contributed by atoms with E-state index in [2.05, 4.69) is 4.72 Å². The molecule has 0 bridgehead atoms. The van der Waals surface area contributed by atoms with E-state index in [1.165, 1.54) is 19.1 Å². The fourth-order valence-corrected chi connectivity index (χ4v) is 4.56. The molecule has 0 spiro atoms. The third-order valence-corrected chi connectivity index (χ3v) is 6.57. The van der Waals surface area contributed by atoms with Gasteiger partial charge in [0, 0.05) is 26.1 Å². The lowest BCUT2D eigenvalue weighted by Crippen LogP contribution is -2.31. The van der Waals surface area contributed by atoms with Crippen molar-refractivity contribution in [3.8, 4) is 0 Å². The smallest absolute Gasteiger partial charge is 0.240 e. The number of sulfonamides is 1. The third-order valence-electron chi connectivity index (χ3n) is 5.14. The Balaban J connectivity index is 1.58. The van der Waals surface area contributed by atoms with E-state index in [1.54, 1.807) is 0 Å². The molecule has 0 saturated carbocycles. The number of hydrogen-bond donors (Lipinski definition) is 1. The van der Waals surface area contributed by atoms with Gasteiger partial charge in [-0.05, 0) is 55.0 Å². The second kappa shape index (κ2) is 8.84. The zero-order chi connectivity index (χ0) is 20.1. The van der Waals surface area contributed by atoms with Crippen molar-refractivity contribution in [2.24, 2.45) is 5.92 Å². The van der Waals surface area contributed by atoms with Gasteiger partial charge in [-0.2, -0.15) is 0 Å². The summed E-state index contributed by atoms with van der Waals surface area (Å²) in [7, 11) is -3.70. The lowest BCUT2D eigenvalue weighted by Gasteiger charge is -2.21. The van der Waals surface area contributed by atoms with Crippen LogP contribution in [0.1, 0.15) is 30.4 Å². The number of carbonyl (C=O) groups excluding carboxylic acids is 1. The Labute approximate surface area is 165 Å². The quantitative estimate of drug-likeness (QED) is 0.804. The molecule has 1 heterocycles. The molecule has 1 amide bonds. The number of halogens is 1. The third kappa shape index (κ3) is 5.17. The van der Waals surface area contributed by atoms with Gasteiger partial charge in [0.1, 0.15) is 5.82 Å². The summed E-state index contributed by atoms with van der Waals surface area (Å²) in [6.45, 7) is 2.99. The van der Waals surface area contributed by atoms with Crippen LogP contribution in [0.15, 0.2) is 53.4 Å². The Kier molecular flexibility index (Phi) is 6.46. The molecule has 2 aromatic rings. The van der Waals surface area contributed by atoms with Crippen LogP contribution >= 0.6 is 0 Å². The van der Waals surface area contributed by atoms with Gasteiger partial charge in [0.25, 0.3) is 0 Å². The Morgan fingerprint density at radius 2 is 1.89 bits per heavy atom. The molecule has 0 aliphatic carbocycles. The van der Waals surface area contributed by atoms with Crippen LogP contribution in [-0.2, 0) is 21.4 Å². The van der Waals surface area contributed by atoms with E-state index in [-0.39, 0.29) is 23.3 Å². The second-order valence-electron chi connectivity index (χ2n) is 7.26. The first-order valence-electron chi connectivity index (χ1n) is 9.42. The highest BCUT2D eigenvalue weighted by Crippen LogP contribution is 2.21. The Bertz CT molecular complexity index is 932. The van der Waals surface area contributed by atoms with E-state index in [0.29, 0.717) is 31.5 Å². The van der Waals surface area contributed by atoms with E-state index in [9.17, 15) is 17.6 Å². The molecule has 5 nitrogen and oxygen atoms in total. The number of amides is 1. The van der Waals surface area contributed by atoms with E-state index >= 15 is 0 Å². The van der Waals surface area contributed by atoms with Crippen molar-refractivity contribution in [2.75, 3.05) is 13.1 Å². The maximum Gasteiger partial charge on any atom is 0.240 e. The van der Waals surface area contributed by atoms with Crippen LogP contribution in [0.3, 0.4) is 0 Å². The lowest BCUT2D eigenvalue weighted by atomic mass is 10.0. The van der Waals surface area contributed by atoms with E-state index in [4.69, 9.17) is 0 Å². The molecule has 1 saturated heterocycles. The molecule has 0 radical (unpaired) electrons. The maximum absolute atomic E-state index is 13.4. The first kappa shape index (κ1) is 20.5. The summed E-state index contributed by atoms with van der Waals surface area (Å²) >= 11 is 0. The molecule has 1 fully saturated rings. The number of aryl methyl sites for hydroxylation is 1. The fraction of sp³-hybridized carbons (Fsp3) is 0.381. The van der Waals surface area contributed by atoms with Crippen molar-refractivity contribution in [2.45, 2.75) is 37.6 Å². The first-order chi connectivity index (χ1) is 13.3. The molecule has 1 N–H and O–H groups in total. The maximum atomic E-state index is 13.4. The molecule has 1 atom stereocenters. The predicted octanol–water partition coefficient (Wildman–Crippen LogP) is 3.24. The Morgan fingerprint density at radius 3 is 2.61 bits per heavy atom. The average Bonchev–Trinajstić information content (AvgIpc) is 2.85. The summed E-state index contributed by atoms with van der Waals surface area (Å²) in [6, 6.07) is 13.6. The van der Waals surface area contributed by atoms with Gasteiger partial charge < -0.3 is 4.90 Å². The zero-order valence-corrected chi connectivity index (χ0v) is 16.7. The van der Waals surface area contributed by atoms with Crippen LogP contribution in [0.2, 0.25) is 0 Å². The number of likely N-dealkylation sites (tertiary alicyclic amines) is 1. The molecule has 2 aromatic carbocycles. The summed E-state index contributed by atoms with van der Waals surface area (Å²) in [5.41, 5.74) is 1.38. The van der Waals surface area contributed by atoms with Gasteiger partial charge in [-0.3, -0.25) is 4.79 Å². The minimum atomic E-state index is -3.70. The normalized spacial score (nSPS) is 18.1. The van der Waals surface area contributed by atoms with Gasteiger partial charge in [0.15, 0.2) is 0 Å². The van der Waals surface area contributed by atoms with Crippen molar-refractivity contribution >= 4 is 15.9 Å². The molecule has 150 valence electrons. The number of nitrogens with zero attached hydrogens (tertiary/aromatic N) is 1. The lowest BCUT2D eigenvalue weighted by molar-refractivity contribution is -0.131. The van der Waals surface area contributed by atoms with E-state index in [1.807, 2.05) is 35.2 Å². The summed E-state index contributed by atoms with van der Waals surface area (Å²) in [5.74, 6) is -0.246. The molecular weight excluding hydrogens is 379 g/mol. The molecule has 28 heavy (non-hydrogen) atoms. The Hall–Kier alpha value is -2.25. The zero-order valence-electron chi connectivity index (χ0n) is 15.9. The van der Waals surface area contributed by atoms with Crippen LogP contribution in [-0.4, -0.2) is 32.3 Å². The highest BCUT2D eigenvalue weighted by molar-refractivity contribution is 7.89. The Morgan fingerprint density at radius 1 is 1.14 bits per heavy atom. The van der Waals surface area contributed by atoms with E-state index in [0.717, 1.165) is 18.1 Å². The van der Waals surface area contributed by atoms with Crippen LogP contribution in [0.5, 0.6) is 0 Å². The van der Waals surface area contributed by atoms with Crippen molar-refractivity contribution in [1.82, 2.24) is 9.62 Å². The second-order valence-corrected chi connectivity index (χ2v) is 9.02. The van der Waals surface area contributed by atoms with Crippen molar-refractivity contribution in [3.63, 3.8) is 0 Å². The minimum absolute atomic E-state index is 0.0572. The minimum Gasteiger partial charge on any atom is -0.338 e. The summed E-state index contributed by atoms with van der Waals surface area (Å²) < 4.78 is 41.0. The summed E-state index contributed by atoms with van der Waals surface area (Å²) in [5, 5.41) is 0. The number of benzene rings is 2. The molecular formula is C21H25FN2O3S. The van der Waals surface area contributed by atoms with Crippen LogP contribution in [0.25, 0.3) is 0 Å². The fourth-order valence-electron chi connectivity index (χ4n) is 3.36. The van der Waals surface area contributed by atoms with Crippen LogP contribution in [0, 0.1) is 18.7 Å². The van der Waals surface area contributed by atoms with Crippen molar-refractivity contribution in [3.05, 3.63) is 65.5 Å². The van der Waals surface area contributed by atoms with Gasteiger partial charge in [0.2, 0.25) is 15.9 Å². The van der Waals surface area contributed by atoms with Gasteiger partial charge in [0.05, 0.1) is 4.90 Å². The molecule has 7 heteroatoms. The van der Waals surface area contributed by atoms with Crippen molar-refractivity contribution < 1.29 is 17.6 Å². The van der Waals surface area contributed by atoms with Crippen LogP contribution in [0.4, 0.5) is 4.39 Å². The topological polar surface area (TPSA) is 66.5 Å². The van der Waals surface area contributed by atoms with Crippen molar-refractivity contribution in [1.29, 1.82) is 0 Å². The predicted molar refractivity (Wildman–Crippen MR) is 106 cm³/mol. The largest absolute Gasteiger partial charge is 0.338 e. The first-order valence-corrected chi connectivity index (χ1v) is 10.9. The van der Waals surface area contributed by atoms with Gasteiger partial charge in [-0.25, -0.2) is 17.5 Å². The highest BCUT2D eigenvalue weighted by atomic mass is 32.2. The van der Waals surface area contributed by atoms with Gasteiger partial charge in [-0.1, -0.05) is 30.3 Å². The van der Waals surface area contributed by atoms with Gasteiger partial charge >= 0.3 is 0 Å². The molecule has 3 rings (SSSR count). The number of carbonyl (C=O) groups is 1. The highest BCUT2D eigenvalue weighted by Gasteiger charge is 2.24. The molecule has 0 aromatic heterocycles. The molecule has 1 unspecified atom stereocenters. The average molecular weight is 405 g/mol. The summed E-state index contributed by atoms with van der Waals surface area (Å²) in [6.07, 6.45) is 1.80. The number of hydrogen-bond acceptors (Lipinski definition) is 3. The SMILES string of the molecule is Cc1cc(S(=O)(=O)NCC2CCC(=O)N(Cc3ccccc3)CC2)ccc1F. The van der Waals surface area contributed by atoms with Crippen LogP contribution < -0.4 is 4.72 Å². The molecule has 1 aliphatic rings. The van der Waals surface area contributed by atoms with E-state index < -0.39 is 15.8 Å².